The van der Waals surface area contributed by atoms with E-state index in [1.54, 1.807) is 0 Å². The molecule has 0 saturated carbocycles. The minimum atomic E-state index is -0.00127. The monoisotopic (exact) mass is 300 g/mol. The van der Waals surface area contributed by atoms with Gasteiger partial charge < -0.3 is 0 Å². The molecule has 0 aromatic heterocycles. The molecule has 0 aliphatic rings. The van der Waals surface area contributed by atoms with Crippen LogP contribution in [0.1, 0.15) is 94.3 Å². The Bertz CT molecular complexity index is 509. The van der Waals surface area contributed by atoms with E-state index in [-0.39, 0.29) is 11.7 Å². The largest absolute Gasteiger partial charge is 0.294 e. The highest BCUT2D eigenvalue weighted by Gasteiger charge is 2.25. The van der Waals surface area contributed by atoms with Crippen molar-refractivity contribution < 1.29 is 4.79 Å². The van der Waals surface area contributed by atoms with E-state index < -0.39 is 0 Å². The maximum atomic E-state index is 13.0. The zero-order valence-corrected chi connectivity index (χ0v) is 15.6. The van der Waals surface area contributed by atoms with Crippen LogP contribution in [0.2, 0.25) is 0 Å². The van der Waals surface area contributed by atoms with Gasteiger partial charge in [0.2, 0.25) is 0 Å². The average Bonchev–Trinajstić information content (AvgIpc) is 2.43. The molecule has 0 amide bonds. The molecule has 0 fully saturated rings. The molecule has 1 aromatic carbocycles. The molecule has 0 aliphatic heterocycles. The predicted molar refractivity (Wildman–Crippen MR) is 97.7 cm³/mol. The third kappa shape index (κ3) is 3.69. The summed E-state index contributed by atoms with van der Waals surface area (Å²) in [6, 6.07) is 4.34. The fourth-order valence-electron chi connectivity index (χ4n) is 2.79. The van der Waals surface area contributed by atoms with Crippen LogP contribution in [0.15, 0.2) is 18.7 Å². The normalized spacial score (nSPS) is 11.8. The molecule has 0 saturated heterocycles. The maximum Gasteiger partial charge on any atom is 0.166 e. The molecule has 1 aromatic rings. The Hall–Kier alpha value is -1.37. The zero-order valence-electron chi connectivity index (χ0n) is 15.6. The van der Waals surface area contributed by atoms with Crippen LogP contribution in [0.3, 0.4) is 0 Å². The lowest BCUT2D eigenvalue weighted by atomic mass is 9.78. The number of carbonyl (C=O) groups is 1. The maximum absolute atomic E-state index is 13.0. The summed E-state index contributed by atoms with van der Waals surface area (Å²) in [7, 11) is 0. The number of hydrogen-bond acceptors (Lipinski definition) is 1. The Kier molecular flexibility index (Phi) is 6.17. The number of benzene rings is 1. The molecule has 0 atom stereocenters. The number of carbonyl (C=O) groups excluding carboxylic acids is 1. The standard InChI is InChI=1S/C21H32O/c1-12(2)16(9)19-17(13(3)4)10-11-18(14(5)6)20(19)21(22)15(7)8/h10-15H,9H2,1-8H3. The molecular formula is C21H32O. The summed E-state index contributed by atoms with van der Waals surface area (Å²) in [4.78, 5) is 13.0. The van der Waals surface area contributed by atoms with Gasteiger partial charge in [-0.1, -0.05) is 74.1 Å². The predicted octanol–water partition coefficient (Wildman–Crippen LogP) is 6.44. The molecule has 1 heteroatoms. The van der Waals surface area contributed by atoms with E-state index >= 15 is 0 Å². The van der Waals surface area contributed by atoms with Crippen molar-refractivity contribution in [3.05, 3.63) is 41.0 Å². The molecule has 1 rings (SSSR count). The van der Waals surface area contributed by atoms with E-state index in [4.69, 9.17) is 0 Å². The van der Waals surface area contributed by atoms with Crippen LogP contribution in [0.5, 0.6) is 0 Å². The highest BCUT2D eigenvalue weighted by atomic mass is 16.1. The van der Waals surface area contributed by atoms with Gasteiger partial charge >= 0.3 is 0 Å². The van der Waals surface area contributed by atoms with Crippen molar-refractivity contribution in [1.82, 2.24) is 0 Å². The van der Waals surface area contributed by atoms with E-state index in [1.165, 1.54) is 5.56 Å². The SMILES string of the molecule is C=C(c1c(C(C)C)ccc(C(C)C)c1C(=O)C(C)C)C(C)C. The third-order valence-electron chi connectivity index (χ3n) is 4.30. The lowest BCUT2D eigenvalue weighted by Gasteiger charge is -2.25. The Balaban J connectivity index is 3.81. The molecule has 0 spiro atoms. The van der Waals surface area contributed by atoms with Crippen LogP contribution < -0.4 is 0 Å². The second kappa shape index (κ2) is 7.26. The number of ketones is 1. The van der Waals surface area contributed by atoms with Gasteiger partial charge in [0.05, 0.1) is 0 Å². The molecule has 22 heavy (non-hydrogen) atoms. The van der Waals surface area contributed by atoms with Crippen LogP contribution in [0, 0.1) is 11.8 Å². The summed E-state index contributed by atoms with van der Waals surface area (Å²) in [6.07, 6.45) is 0. The zero-order chi connectivity index (χ0) is 17.2. The Morgan fingerprint density at radius 2 is 1.18 bits per heavy atom. The van der Waals surface area contributed by atoms with E-state index in [9.17, 15) is 4.79 Å². The summed E-state index contributed by atoms with van der Waals surface area (Å²) in [5.74, 6) is 1.28. The van der Waals surface area contributed by atoms with Gasteiger partial charge in [0.25, 0.3) is 0 Å². The van der Waals surface area contributed by atoms with Crippen molar-refractivity contribution >= 4 is 11.4 Å². The smallest absolute Gasteiger partial charge is 0.166 e. The number of allylic oxidation sites excluding steroid dienone is 1. The van der Waals surface area contributed by atoms with Crippen LogP contribution in [-0.2, 0) is 0 Å². The Morgan fingerprint density at radius 1 is 0.773 bits per heavy atom. The fraction of sp³-hybridized carbons (Fsp3) is 0.571. The summed E-state index contributed by atoms with van der Waals surface area (Å²) in [5, 5.41) is 0. The first-order valence-corrected chi connectivity index (χ1v) is 8.49. The van der Waals surface area contributed by atoms with Gasteiger partial charge in [-0.15, -0.1) is 0 Å². The first kappa shape index (κ1) is 18.7. The van der Waals surface area contributed by atoms with Crippen LogP contribution in [-0.4, -0.2) is 5.78 Å². The molecular weight excluding hydrogens is 268 g/mol. The van der Waals surface area contributed by atoms with Crippen LogP contribution in [0.4, 0.5) is 0 Å². The molecule has 122 valence electrons. The summed E-state index contributed by atoms with van der Waals surface area (Å²) in [5.41, 5.74) is 5.49. The number of rotatable bonds is 6. The van der Waals surface area contributed by atoms with Crippen LogP contribution >= 0.6 is 0 Å². The van der Waals surface area contributed by atoms with Crippen molar-refractivity contribution in [2.24, 2.45) is 11.8 Å². The molecule has 0 bridgehead atoms. The minimum absolute atomic E-state index is 0.00127. The van der Waals surface area contributed by atoms with Gasteiger partial charge in [0.15, 0.2) is 5.78 Å². The lowest BCUT2D eigenvalue weighted by Crippen LogP contribution is -2.17. The van der Waals surface area contributed by atoms with Crippen molar-refractivity contribution in [2.75, 3.05) is 0 Å². The lowest BCUT2D eigenvalue weighted by molar-refractivity contribution is 0.0937. The Morgan fingerprint density at radius 3 is 1.50 bits per heavy atom. The first-order chi connectivity index (χ1) is 10.1. The van der Waals surface area contributed by atoms with Crippen molar-refractivity contribution in [3.8, 4) is 0 Å². The summed E-state index contributed by atoms with van der Waals surface area (Å²) in [6.45, 7) is 21.3. The van der Waals surface area contributed by atoms with E-state index in [2.05, 4.69) is 60.3 Å². The molecule has 0 radical (unpaired) electrons. The van der Waals surface area contributed by atoms with E-state index in [1.807, 2.05) is 13.8 Å². The third-order valence-corrected chi connectivity index (χ3v) is 4.30. The van der Waals surface area contributed by atoms with Gasteiger partial charge in [-0.05, 0) is 40.0 Å². The molecule has 0 aliphatic carbocycles. The van der Waals surface area contributed by atoms with Crippen molar-refractivity contribution in [3.63, 3.8) is 0 Å². The van der Waals surface area contributed by atoms with Gasteiger partial charge in [0, 0.05) is 11.5 Å². The van der Waals surface area contributed by atoms with E-state index in [0.717, 1.165) is 22.3 Å². The average molecular weight is 300 g/mol. The summed E-state index contributed by atoms with van der Waals surface area (Å²) >= 11 is 0. The number of hydrogen-bond donors (Lipinski definition) is 0. The van der Waals surface area contributed by atoms with Gasteiger partial charge in [-0.2, -0.15) is 0 Å². The molecule has 1 nitrogen and oxygen atoms in total. The number of Topliss-reactive ketones (excluding diaryl/α,β-unsaturated/α-hetero) is 1. The summed E-state index contributed by atoms with van der Waals surface area (Å²) < 4.78 is 0. The van der Waals surface area contributed by atoms with Gasteiger partial charge in [-0.25, -0.2) is 0 Å². The molecule has 0 N–H and O–H groups in total. The van der Waals surface area contributed by atoms with Gasteiger partial charge in [-0.3, -0.25) is 4.79 Å². The minimum Gasteiger partial charge on any atom is -0.294 e. The molecule has 0 heterocycles. The van der Waals surface area contributed by atoms with Gasteiger partial charge in [0.1, 0.15) is 0 Å². The first-order valence-electron chi connectivity index (χ1n) is 8.49. The second-order valence-corrected chi connectivity index (χ2v) is 7.50. The van der Waals surface area contributed by atoms with Crippen LogP contribution in [0.25, 0.3) is 5.57 Å². The van der Waals surface area contributed by atoms with Crippen molar-refractivity contribution in [2.45, 2.75) is 67.2 Å². The highest BCUT2D eigenvalue weighted by Crippen LogP contribution is 2.37. The second-order valence-electron chi connectivity index (χ2n) is 7.50. The van der Waals surface area contributed by atoms with Crippen molar-refractivity contribution in [1.29, 1.82) is 0 Å². The fourth-order valence-corrected chi connectivity index (χ4v) is 2.79. The highest BCUT2D eigenvalue weighted by molar-refractivity contribution is 6.04. The Labute approximate surface area is 136 Å². The topological polar surface area (TPSA) is 17.1 Å². The quantitative estimate of drug-likeness (QED) is 0.552. The van der Waals surface area contributed by atoms with E-state index in [0.29, 0.717) is 17.8 Å². The molecule has 0 unspecified atom stereocenters.